The molecule has 1 fully saturated rings. The lowest BCUT2D eigenvalue weighted by atomic mass is 9.92. The van der Waals surface area contributed by atoms with Crippen LogP contribution in [0.25, 0.3) is 10.9 Å². The number of amides is 1. The van der Waals surface area contributed by atoms with E-state index in [2.05, 4.69) is 62.8 Å². The molecule has 7 nitrogen and oxygen atoms in total. The summed E-state index contributed by atoms with van der Waals surface area (Å²) in [5.41, 5.74) is 5.94. The first-order chi connectivity index (χ1) is 18.9. The Morgan fingerprint density at radius 1 is 1.08 bits per heavy atom. The molecule has 212 valence electrons. The predicted molar refractivity (Wildman–Crippen MR) is 161 cm³/mol. The maximum Gasteiger partial charge on any atom is 0.210 e. The van der Waals surface area contributed by atoms with E-state index in [0.717, 1.165) is 80.5 Å². The van der Waals surface area contributed by atoms with E-state index in [4.69, 9.17) is 11.6 Å². The van der Waals surface area contributed by atoms with E-state index in [1.54, 1.807) is 7.11 Å². The predicted octanol–water partition coefficient (Wildman–Crippen LogP) is 4.65. The number of H-pyrrole nitrogens is 1. The molecular weight excluding hydrogens is 510 g/mol. The molecule has 3 heterocycles. The number of nitrogens with one attached hydrogen (secondary N) is 1. The Morgan fingerprint density at radius 3 is 2.51 bits per heavy atom. The van der Waals surface area contributed by atoms with Gasteiger partial charge in [0.1, 0.15) is 0 Å². The van der Waals surface area contributed by atoms with E-state index < -0.39 is 0 Å². The molecule has 2 aliphatic rings. The molecule has 0 radical (unpaired) electrons. The minimum Gasteiger partial charge on any atom is -0.385 e. The summed E-state index contributed by atoms with van der Waals surface area (Å²) in [6.07, 6.45) is 3.06. The maximum absolute atomic E-state index is 12.0. The van der Waals surface area contributed by atoms with Crippen molar-refractivity contribution in [2.75, 3.05) is 73.6 Å². The van der Waals surface area contributed by atoms with E-state index >= 15 is 0 Å². The van der Waals surface area contributed by atoms with Crippen molar-refractivity contribution >= 4 is 28.9 Å². The first-order valence-corrected chi connectivity index (χ1v) is 14.5. The number of fused-ring (bicyclic) bond motifs is 3. The molecular formula is C31H44ClN5O2. The Kier molecular flexibility index (Phi) is 10.8. The van der Waals surface area contributed by atoms with E-state index in [9.17, 15) is 4.79 Å². The minimum absolute atomic E-state index is 0.101. The van der Waals surface area contributed by atoms with Crippen LogP contribution >= 0.6 is 11.6 Å². The van der Waals surface area contributed by atoms with Crippen LogP contribution < -0.4 is 0 Å². The fourth-order valence-electron chi connectivity index (χ4n) is 5.65. The second kappa shape index (κ2) is 14.3. The summed E-state index contributed by atoms with van der Waals surface area (Å²) in [5, 5.41) is 1.91. The maximum atomic E-state index is 12.0. The van der Waals surface area contributed by atoms with Gasteiger partial charge in [0.15, 0.2) is 0 Å². The largest absolute Gasteiger partial charge is 0.385 e. The molecule has 1 saturated heterocycles. The number of methoxy groups -OCH3 is 1. The molecule has 1 unspecified atom stereocenters. The van der Waals surface area contributed by atoms with Crippen molar-refractivity contribution in [3.05, 3.63) is 69.9 Å². The van der Waals surface area contributed by atoms with Crippen molar-refractivity contribution in [2.45, 2.75) is 32.4 Å². The van der Waals surface area contributed by atoms with Crippen LogP contribution in [-0.2, 0) is 22.5 Å². The molecule has 1 amide bonds. The van der Waals surface area contributed by atoms with Gasteiger partial charge >= 0.3 is 0 Å². The molecule has 0 spiro atoms. The summed E-state index contributed by atoms with van der Waals surface area (Å²) < 4.78 is 4.54. The molecule has 2 aliphatic heterocycles. The highest BCUT2D eigenvalue weighted by molar-refractivity contribution is 6.31. The van der Waals surface area contributed by atoms with Crippen LogP contribution in [0.1, 0.15) is 41.8 Å². The first kappa shape index (κ1) is 29.6. The molecule has 0 saturated carbocycles. The number of carbonyl (C=O) groups is 1. The van der Waals surface area contributed by atoms with Crippen LogP contribution in [0.15, 0.2) is 42.5 Å². The number of aromatic amines is 1. The highest BCUT2D eigenvalue weighted by Gasteiger charge is 2.31. The number of carbonyl (C=O) groups excluding carboxylic acids is 1. The molecule has 1 atom stereocenters. The molecule has 2 aromatic carbocycles. The number of rotatable bonds is 9. The first-order valence-electron chi connectivity index (χ1n) is 14.1. The SMILES string of the molecule is CCOC.CN(C)CCCN1CCN(Cc2cccc(C3c4[nH]c5ccc(Cl)cc5c4CCN3C=O)c2)CC1. The van der Waals surface area contributed by atoms with Gasteiger partial charge < -0.3 is 24.4 Å². The van der Waals surface area contributed by atoms with Gasteiger partial charge in [0.2, 0.25) is 6.41 Å². The molecule has 5 rings (SSSR count). The number of hydrogen-bond acceptors (Lipinski definition) is 5. The Balaban J connectivity index is 0.000000826. The Hall–Kier alpha value is -2.42. The van der Waals surface area contributed by atoms with Gasteiger partial charge in [-0.2, -0.15) is 0 Å². The van der Waals surface area contributed by atoms with Crippen molar-refractivity contribution in [3.63, 3.8) is 0 Å². The summed E-state index contributed by atoms with van der Waals surface area (Å²) in [4.78, 5) is 25.0. The van der Waals surface area contributed by atoms with Crippen molar-refractivity contribution in [2.24, 2.45) is 0 Å². The zero-order valence-corrected chi connectivity index (χ0v) is 24.7. The van der Waals surface area contributed by atoms with Crippen LogP contribution in [0.5, 0.6) is 0 Å². The van der Waals surface area contributed by atoms with Gasteiger partial charge in [0.05, 0.1) is 6.04 Å². The van der Waals surface area contributed by atoms with Gasteiger partial charge in [-0.3, -0.25) is 9.69 Å². The minimum atomic E-state index is -0.101. The lowest BCUT2D eigenvalue weighted by molar-refractivity contribution is -0.120. The summed E-state index contributed by atoms with van der Waals surface area (Å²) in [5.74, 6) is 0. The van der Waals surface area contributed by atoms with E-state index in [1.165, 1.54) is 29.5 Å². The number of hydrogen-bond donors (Lipinski definition) is 1. The molecule has 8 heteroatoms. The molecule has 39 heavy (non-hydrogen) atoms. The third-order valence-electron chi connectivity index (χ3n) is 7.77. The number of aromatic nitrogens is 1. The Bertz CT molecular complexity index is 1200. The van der Waals surface area contributed by atoms with Gasteiger partial charge in [-0.05, 0) is 81.8 Å². The summed E-state index contributed by atoms with van der Waals surface area (Å²) in [6, 6.07) is 14.7. The normalized spacial score (nSPS) is 18.2. The highest BCUT2D eigenvalue weighted by Crippen LogP contribution is 2.38. The summed E-state index contributed by atoms with van der Waals surface area (Å²) in [6.45, 7) is 11.2. The topological polar surface area (TPSA) is 55.1 Å². The summed E-state index contributed by atoms with van der Waals surface area (Å²) in [7, 11) is 5.96. The Morgan fingerprint density at radius 2 is 1.82 bits per heavy atom. The fourth-order valence-corrected chi connectivity index (χ4v) is 5.82. The third kappa shape index (κ3) is 7.62. The van der Waals surface area contributed by atoms with Crippen LogP contribution in [0.3, 0.4) is 0 Å². The molecule has 0 bridgehead atoms. The molecule has 0 aliphatic carbocycles. The van der Waals surface area contributed by atoms with E-state index in [0.29, 0.717) is 6.54 Å². The van der Waals surface area contributed by atoms with Crippen molar-refractivity contribution in [1.29, 1.82) is 0 Å². The van der Waals surface area contributed by atoms with Crippen LogP contribution in [-0.4, -0.2) is 105 Å². The quantitative estimate of drug-likeness (QED) is 0.391. The second-order valence-electron chi connectivity index (χ2n) is 10.8. The van der Waals surface area contributed by atoms with E-state index in [-0.39, 0.29) is 6.04 Å². The zero-order valence-electron chi connectivity index (χ0n) is 24.0. The van der Waals surface area contributed by atoms with Crippen molar-refractivity contribution < 1.29 is 9.53 Å². The molecule has 1 aromatic heterocycles. The van der Waals surface area contributed by atoms with Gasteiger partial charge in [-0.1, -0.05) is 35.9 Å². The standard InChI is InChI=1S/C28H36ClN5O.C3H8O/c1-31(2)10-4-11-32-13-15-33(16-14-32)19-21-5-3-6-22(17-21)28-27-24(9-12-34(28)20-35)25-18-23(29)7-8-26(25)30-27;1-3-4-2/h3,5-8,17-18,20,28,30H,4,9-16,19H2,1-2H3;3H2,1-2H3. The Labute approximate surface area is 238 Å². The number of nitrogens with zero attached hydrogens (tertiary/aromatic N) is 4. The van der Waals surface area contributed by atoms with Crippen LogP contribution in [0, 0.1) is 0 Å². The van der Waals surface area contributed by atoms with E-state index in [1.807, 2.05) is 30.0 Å². The number of ether oxygens (including phenoxy) is 1. The van der Waals surface area contributed by atoms with Gasteiger partial charge in [-0.25, -0.2) is 0 Å². The highest BCUT2D eigenvalue weighted by atomic mass is 35.5. The lowest BCUT2D eigenvalue weighted by Gasteiger charge is -2.35. The van der Waals surface area contributed by atoms with Gasteiger partial charge in [-0.15, -0.1) is 0 Å². The number of piperazine rings is 1. The van der Waals surface area contributed by atoms with Gasteiger partial charge in [0.25, 0.3) is 0 Å². The molecule has 3 aromatic rings. The third-order valence-corrected chi connectivity index (χ3v) is 8.00. The fraction of sp³-hybridized carbons (Fsp3) is 0.516. The smallest absolute Gasteiger partial charge is 0.210 e. The van der Waals surface area contributed by atoms with Crippen LogP contribution in [0.4, 0.5) is 0 Å². The average Bonchev–Trinajstić information content (AvgIpc) is 3.31. The zero-order chi connectivity index (χ0) is 27.8. The number of halogens is 1. The van der Waals surface area contributed by atoms with Crippen LogP contribution in [0.2, 0.25) is 5.02 Å². The summed E-state index contributed by atoms with van der Waals surface area (Å²) >= 11 is 6.30. The lowest BCUT2D eigenvalue weighted by Crippen LogP contribution is -2.46. The monoisotopic (exact) mass is 553 g/mol. The van der Waals surface area contributed by atoms with Crippen molar-refractivity contribution in [3.8, 4) is 0 Å². The molecule has 1 N–H and O–H groups in total. The van der Waals surface area contributed by atoms with Crippen molar-refractivity contribution in [1.82, 2.24) is 24.6 Å². The number of benzene rings is 2. The van der Waals surface area contributed by atoms with Gasteiger partial charge in [0, 0.05) is 74.6 Å². The second-order valence-corrected chi connectivity index (χ2v) is 11.2. The average molecular weight is 554 g/mol.